The fourth-order valence-corrected chi connectivity index (χ4v) is 2.29. The summed E-state index contributed by atoms with van der Waals surface area (Å²) in [6.45, 7) is 0. The summed E-state index contributed by atoms with van der Waals surface area (Å²) < 4.78 is 5.26. The van der Waals surface area contributed by atoms with E-state index in [0.29, 0.717) is 22.8 Å². The number of benzene rings is 1. The first-order chi connectivity index (χ1) is 10.6. The zero-order valence-electron chi connectivity index (χ0n) is 12.2. The van der Waals surface area contributed by atoms with E-state index in [1.807, 2.05) is 12.1 Å². The third-order valence-electron chi connectivity index (χ3n) is 3.43. The Morgan fingerprint density at radius 3 is 2.91 bits per heavy atom. The number of hydrogen-bond donors (Lipinski definition) is 3. The Morgan fingerprint density at radius 1 is 1.36 bits per heavy atom. The Hall–Kier alpha value is -3.09. The number of H-pyrrole nitrogens is 1. The number of fused-ring (bicyclic) bond motifs is 1. The van der Waals surface area contributed by atoms with Crippen molar-refractivity contribution in [3.63, 3.8) is 0 Å². The van der Waals surface area contributed by atoms with Crippen LogP contribution in [0.15, 0.2) is 30.5 Å². The SMILES string of the molecule is CNC(=O)c1cc(-c2ccc(N)c(OC)c2)c2cn[nH]c2n1. The number of rotatable bonds is 3. The number of amides is 1. The number of pyridine rings is 1. The molecule has 0 atom stereocenters. The standard InChI is InChI=1S/C15H15N5O2/c1-17-15(21)12-6-9(10-7-18-20-14(10)19-12)8-3-4-11(16)13(5-8)22-2/h3-7H,16H2,1-2H3,(H,17,21)(H,18,19,20). The lowest BCUT2D eigenvalue weighted by atomic mass is 10.0. The van der Waals surface area contributed by atoms with E-state index in [0.717, 1.165) is 16.5 Å². The van der Waals surface area contributed by atoms with E-state index in [-0.39, 0.29) is 5.91 Å². The van der Waals surface area contributed by atoms with Crippen molar-refractivity contribution in [3.8, 4) is 16.9 Å². The highest BCUT2D eigenvalue weighted by Crippen LogP contribution is 2.32. The topological polar surface area (TPSA) is 106 Å². The molecule has 0 fully saturated rings. The monoisotopic (exact) mass is 297 g/mol. The molecule has 22 heavy (non-hydrogen) atoms. The average Bonchev–Trinajstić information content (AvgIpc) is 3.02. The summed E-state index contributed by atoms with van der Waals surface area (Å²) in [5.41, 5.74) is 8.95. The van der Waals surface area contributed by atoms with Crippen molar-refractivity contribution in [3.05, 3.63) is 36.2 Å². The zero-order chi connectivity index (χ0) is 15.7. The van der Waals surface area contributed by atoms with Crippen molar-refractivity contribution in [2.75, 3.05) is 19.9 Å². The van der Waals surface area contributed by atoms with E-state index in [1.54, 1.807) is 32.5 Å². The van der Waals surface area contributed by atoms with Gasteiger partial charge in [0.1, 0.15) is 11.4 Å². The Balaban J connectivity index is 2.24. The second-order valence-corrected chi connectivity index (χ2v) is 4.72. The van der Waals surface area contributed by atoms with E-state index >= 15 is 0 Å². The molecule has 0 aliphatic heterocycles. The van der Waals surface area contributed by atoms with Crippen LogP contribution in [-0.2, 0) is 0 Å². The maximum atomic E-state index is 11.9. The number of carbonyl (C=O) groups excluding carboxylic acids is 1. The molecule has 7 heteroatoms. The van der Waals surface area contributed by atoms with Crippen molar-refractivity contribution < 1.29 is 9.53 Å². The van der Waals surface area contributed by atoms with Gasteiger partial charge in [0.05, 0.1) is 19.0 Å². The molecule has 3 rings (SSSR count). The van der Waals surface area contributed by atoms with Crippen LogP contribution in [0.1, 0.15) is 10.5 Å². The highest BCUT2D eigenvalue weighted by molar-refractivity contribution is 6.00. The summed E-state index contributed by atoms with van der Waals surface area (Å²) in [5.74, 6) is 0.313. The van der Waals surface area contributed by atoms with Gasteiger partial charge >= 0.3 is 0 Å². The number of nitrogens with zero attached hydrogens (tertiary/aromatic N) is 2. The van der Waals surface area contributed by atoms with Crippen LogP contribution in [-0.4, -0.2) is 35.2 Å². The number of nitrogens with two attached hydrogens (primary N) is 1. The third-order valence-corrected chi connectivity index (χ3v) is 3.43. The molecular weight excluding hydrogens is 282 g/mol. The van der Waals surface area contributed by atoms with Gasteiger partial charge in [-0.15, -0.1) is 0 Å². The predicted octanol–water partition coefficient (Wildman–Crippen LogP) is 1.58. The van der Waals surface area contributed by atoms with Gasteiger partial charge in [0.15, 0.2) is 5.65 Å². The maximum Gasteiger partial charge on any atom is 0.269 e. The van der Waals surface area contributed by atoms with Crippen molar-refractivity contribution in [1.82, 2.24) is 20.5 Å². The Morgan fingerprint density at radius 2 is 2.18 bits per heavy atom. The van der Waals surface area contributed by atoms with Gasteiger partial charge in [-0.3, -0.25) is 9.89 Å². The number of ether oxygens (including phenoxy) is 1. The number of aromatic amines is 1. The quantitative estimate of drug-likeness (QED) is 0.636. The molecular formula is C15H15N5O2. The van der Waals surface area contributed by atoms with Crippen molar-refractivity contribution in [2.45, 2.75) is 0 Å². The van der Waals surface area contributed by atoms with Gasteiger partial charge in [0.2, 0.25) is 0 Å². The lowest BCUT2D eigenvalue weighted by Crippen LogP contribution is -2.19. The fourth-order valence-electron chi connectivity index (χ4n) is 2.29. The molecule has 2 heterocycles. The number of aromatic nitrogens is 3. The average molecular weight is 297 g/mol. The minimum atomic E-state index is -0.264. The predicted molar refractivity (Wildman–Crippen MR) is 83.7 cm³/mol. The van der Waals surface area contributed by atoms with E-state index in [1.165, 1.54) is 0 Å². The molecule has 0 bridgehead atoms. The number of methoxy groups -OCH3 is 1. The first-order valence-electron chi connectivity index (χ1n) is 6.64. The zero-order valence-corrected chi connectivity index (χ0v) is 12.2. The summed E-state index contributed by atoms with van der Waals surface area (Å²) in [7, 11) is 3.12. The third kappa shape index (κ3) is 2.22. The molecule has 112 valence electrons. The largest absolute Gasteiger partial charge is 0.495 e. The number of hydrogen-bond acceptors (Lipinski definition) is 5. The fraction of sp³-hybridized carbons (Fsp3) is 0.133. The van der Waals surface area contributed by atoms with Crippen LogP contribution >= 0.6 is 0 Å². The van der Waals surface area contributed by atoms with Crippen LogP contribution in [0.25, 0.3) is 22.2 Å². The van der Waals surface area contributed by atoms with Crippen LogP contribution in [0.3, 0.4) is 0 Å². The van der Waals surface area contributed by atoms with E-state index < -0.39 is 0 Å². The van der Waals surface area contributed by atoms with E-state index in [2.05, 4.69) is 20.5 Å². The Bertz CT molecular complexity index is 856. The molecule has 1 amide bonds. The molecule has 0 saturated heterocycles. The van der Waals surface area contributed by atoms with Crippen LogP contribution in [0.4, 0.5) is 5.69 Å². The van der Waals surface area contributed by atoms with Gasteiger partial charge in [-0.1, -0.05) is 6.07 Å². The molecule has 0 spiro atoms. The first kappa shape index (κ1) is 13.9. The lowest BCUT2D eigenvalue weighted by Gasteiger charge is -2.09. The van der Waals surface area contributed by atoms with Gasteiger partial charge in [-0.05, 0) is 29.3 Å². The molecule has 2 aromatic heterocycles. The highest BCUT2D eigenvalue weighted by atomic mass is 16.5. The minimum absolute atomic E-state index is 0.264. The number of nitrogen functional groups attached to an aromatic ring is 1. The van der Waals surface area contributed by atoms with Gasteiger partial charge in [-0.2, -0.15) is 5.10 Å². The minimum Gasteiger partial charge on any atom is -0.495 e. The van der Waals surface area contributed by atoms with Crippen LogP contribution in [0.5, 0.6) is 5.75 Å². The van der Waals surface area contributed by atoms with Crippen LogP contribution < -0.4 is 15.8 Å². The molecule has 0 saturated carbocycles. The van der Waals surface area contributed by atoms with Gasteiger partial charge in [0.25, 0.3) is 5.91 Å². The molecule has 0 radical (unpaired) electrons. The smallest absolute Gasteiger partial charge is 0.269 e. The van der Waals surface area contributed by atoms with E-state index in [4.69, 9.17) is 10.5 Å². The van der Waals surface area contributed by atoms with Gasteiger partial charge in [-0.25, -0.2) is 4.98 Å². The van der Waals surface area contributed by atoms with Crippen molar-refractivity contribution in [1.29, 1.82) is 0 Å². The lowest BCUT2D eigenvalue weighted by molar-refractivity contribution is 0.0958. The van der Waals surface area contributed by atoms with Crippen molar-refractivity contribution >= 4 is 22.6 Å². The number of anilines is 1. The molecule has 7 nitrogen and oxygen atoms in total. The Labute approximate surface area is 126 Å². The summed E-state index contributed by atoms with van der Waals surface area (Å²) in [4.78, 5) is 16.2. The summed E-state index contributed by atoms with van der Waals surface area (Å²) in [5, 5.41) is 10.2. The molecule has 1 aromatic carbocycles. The molecule has 0 unspecified atom stereocenters. The first-order valence-corrected chi connectivity index (χ1v) is 6.64. The molecule has 0 aliphatic carbocycles. The van der Waals surface area contributed by atoms with Gasteiger partial charge < -0.3 is 15.8 Å². The summed E-state index contributed by atoms with van der Waals surface area (Å²) in [6, 6.07) is 7.18. The molecule has 0 aliphatic rings. The number of nitrogens with one attached hydrogen (secondary N) is 2. The van der Waals surface area contributed by atoms with Crippen LogP contribution in [0.2, 0.25) is 0 Å². The summed E-state index contributed by atoms with van der Waals surface area (Å²) >= 11 is 0. The van der Waals surface area contributed by atoms with Gasteiger partial charge in [0, 0.05) is 12.4 Å². The highest BCUT2D eigenvalue weighted by Gasteiger charge is 2.14. The molecule has 3 aromatic rings. The number of carbonyl (C=O) groups is 1. The summed E-state index contributed by atoms with van der Waals surface area (Å²) in [6.07, 6.45) is 1.67. The second-order valence-electron chi connectivity index (χ2n) is 4.72. The Kier molecular flexibility index (Phi) is 3.38. The van der Waals surface area contributed by atoms with E-state index in [9.17, 15) is 4.79 Å². The maximum absolute atomic E-state index is 11.9. The van der Waals surface area contributed by atoms with Crippen molar-refractivity contribution in [2.24, 2.45) is 0 Å². The van der Waals surface area contributed by atoms with Crippen LogP contribution in [0, 0.1) is 0 Å². The second kappa shape index (κ2) is 5.36. The normalized spacial score (nSPS) is 10.6. The molecule has 4 N–H and O–H groups in total.